The smallest absolute Gasteiger partial charge is 0.162 e. The molecule has 1 aromatic heterocycles. The molecular weight excluding hydrogens is 178 g/mol. The van der Waals surface area contributed by atoms with Gasteiger partial charge in [-0.3, -0.25) is 4.79 Å². The van der Waals surface area contributed by atoms with Gasteiger partial charge in [0.25, 0.3) is 0 Å². The summed E-state index contributed by atoms with van der Waals surface area (Å²) in [4.78, 5) is 15.4. The van der Waals surface area contributed by atoms with Crippen molar-refractivity contribution in [3.05, 3.63) is 24.3 Å². The molecule has 1 aromatic rings. The zero-order valence-electron chi connectivity index (χ0n) is 8.60. The summed E-state index contributed by atoms with van der Waals surface area (Å²) in [6, 6.07) is 0. The molecular formula is C10H15N3O. The molecule has 0 unspecified atom stereocenters. The lowest BCUT2D eigenvalue weighted by atomic mass is 10.2. The second-order valence-electron chi connectivity index (χ2n) is 2.95. The molecule has 1 rings (SSSR count). The molecule has 0 atom stereocenters. The van der Waals surface area contributed by atoms with Crippen LogP contribution in [0.4, 0.5) is 0 Å². The number of carbonyl (C=O) groups is 1. The van der Waals surface area contributed by atoms with Gasteiger partial charge in [-0.05, 0) is 19.4 Å². The molecule has 0 aliphatic heterocycles. The summed E-state index contributed by atoms with van der Waals surface area (Å²) in [6.07, 6.45) is 6.16. The summed E-state index contributed by atoms with van der Waals surface area (Å²) >= 11 is 0. The highest BCUT2D eigenvalue weighted by molar-refractivity contribution is 5.90. The Morgan fingerprint density at radius 2 is 2.36 bits per heavy atom. The van der Waals surface area contributed by atoms with E-state index in [1.54, 1.807) is 10.8 Å². The number of hydrogen-bond acceptors (Lipinski definition) is 3. The first-order chi connectivity index (χ1) is 6.77. The molecule has 0 amide bonds. The Bertz CT molecular complexity index is 328. The highest BCUT2D eigenvalue weighted by Gasteiger charge is 2.05. The minimum Gasteiger partial charge on any atom is -0.294 e. The molecule has 1 heterocycles. The summed E-state index contributed by atoms with van der Waals surface area (Å²) in [5, 5.41) is 4.00. The van der Waals surface area contributed by atoms with Crippen molar-refractivity contribution >= 4 is 5.78 Å². The third kappa shape index (κ3) is 2.80. The number of rotatable bonds is 5. The van der Waals surface area contributed by atoms with Crippen LogP contribution in [0.1, 0.15) is 26.1 Å². The van der Waals surface area contributed by atoms with E-state index < -0.39 is 0 Å². The summed E-state index contributed by atoms with van der Waals surface area (Å²) < 4.78 is 1.73. The van der Waals surface area contributed by atoms with Crippen LogP contribution in [0.2, 0.25) is 0 Å². The van der Waals surface area contributed by atoms with Crippen molar-refractivity contribution in [2.75, 3.05) is 0 Å². The van der Waals surface area contributed by atoms with Gasteiger partial charge >= 0.3 is 0 Å². The maximum atomic E-state index is 11.4. The monoisotopic (exact) mass is 193 g/mol. The second kappa shape index (κ2) is 5.32. The van der Waals surface area contributed by atoms with Gasteiger partial charge in [0, 0.05) is 6.54 Å². The molecule has 0 saturated heterocycles. The third-order valence-electron chi connectivity index (χ3n) is 1.87. The largest absolute Gasteiger partial charge is 0.294 e. The van der Waals surface area contributed by atoms with Crippen LogP contribution in [0.5, 0.6) is 0 Å². The Balaban J connectivity index is 2.60. The number of allylic oxidation sites excluding steroid dienone is 2. The van der Waals surface area contributed by atoms with E-state index in [4.69, 9.17) is 0 Å². The molecule has 76 valence electrons. The SMILES string of the molecule is CC/C=C/C(=O)Cc1ncnn1CC. The van der Waals surface area contributed by atoms with E-state index in [-0.39, 0.29) is 5.78 Å². The fraction of sp³-hybridized carbons (Fsp3) is 0.500. The van der Waals surface area contributed by atoms with Gasteiger partial charge in [0.2, 0.25) is 0 Å². The normalized spacial score (nSPS) is 11.0. The number of aryl methyl sites for hydroxylation is 1. The Labute approximate surface area is 83.6 Å². The molecule has 4 heteroatoms. The van der Waals surface area contributed by atoms with Gasteiger partial charge in [0.1, 0.15) is 12.2 Å². The number of carbonyl (C=O) groups excluding carboxylic acids is 1. The van der Waals surface area contributed by atoms with Crippen LogP contribution >= 0.6 is 0 Å². The Kier molecular flexibility index (Phi) is 4.04. The number of ketones is 1. The molecule has 0 aromatic carbocycles. The quantitative estimate of drug-likeness (QED) is 0.664. The number of aromatic nitrogens is 3. The van der Waals surface area contributed by atoms with Crippen molar-refractivity contribution in [2.45, 2.75) is 33.2 Å². The van der Waals surface area contributed by atoms with Crippen molar-refractivity contribution < 1.29 is 4.79 Å². The summed E-state index contributed by atoms with van der Waals surface area (Å²) in [5.41, 5.74) is 0. The standard InChI is InChI=1S/C10H15N3O/c1-3-5-6-9(14)7-10-11-8-12-13(10)4-2/h5-6,8H,3-4,7H2,1-2H3/b6-5+. The molecule has 0 spiro atoms. The predicted molar refractivity (Wildman–Crippen MR) is 53.8 cm³/mol. The van der Waals surface area contributed by atoms with E-state index in [2.05, 4.69) is 10.1 Å². The van der Waals surface area contributed by atoms with Gasteiger partial charge in [-0.25, -0.2) is 9.67 Å². The first kappa shape index (κ1) is 10.6. The van der Waals surface area contributed by atoms with E-state index >= 15 is 0 Å². The molecule has 0 N–H and O–H groups in total. The third-order valence-corrected chi connectivity index (χ3v) is 1.87. The fourth-order valence-corrected chi connectivity index (χ4v) is 1.15. The minimum absolute atomic E-state index is 0.0783. The van der Waals surface area contributed by atoms with Gasteiger partial charge in [0.15, 0.2) is 5.78 Å². The van der Waals surface area contributed by atoms with Crippen molar-refractivity contribution in [2.24, 2.45) is 0 Å². The predicted octanol–water partition coefficient (Wildman–Crippen LogP) is 1.38. The Morgan fingerprint density at radius 1 is 1.57 bits per heavy atom. The zero-order chi connectivity index (χ0) is 10.4. The van der Waals surface area contributed by atoms with E-state index in [9.17, 15) is 4.79 Å². The molecule has 14 heavy (non-hydrogen) atoms. The molecule has 0 aliphatic rings. The van der Waals surface area contributed by atoms with Crippen LogP contribution in [0.15, 0.2) is 18.5 Å². The van der Waals surface area contributed by atoms with Crippen LogP contribution in [-0.4, -0.2) is 20.5 Å². The highest BCUT2D eigenvalue weighted by Crippen LogP contribution is 1.97. The maximum absolute atomic E-state index is 11.4. The van der Waals surface area contributed by atoms with Gasteiger partial charge in [0.05, 0.1) is 6.42 Å². The molecule has 0 saturated carbocycles. The zero-order valence-corrected chi connectivity index (χ0v) is 8.60. The highest BCUT2D eigenvalue weighted by atomic mass is 16.1. The Hall–Kier alpha value is -1.45. The molecule has 0 radical (unpaired) electrons. The average molecular weight is 193 g/mol. The van der Waals surface area contributed by atoms with Gasteiger partial charge in [-0.15, -0.1) is 0 Å². The number of nitrogens with zero attached hydrogens (tertiary/aromatic N) is 3. The van der Waals surface area contributed by atoms with Crippen LogP contribution < -0.4 is 0 Å². The van der Waals surface area contributed by atoms with Gasteiger partial charge in [-0.2, -0.15) is 5.10 Å². The molecule has 0 bridgehead atoms. The van der Waals surface area contributed by atoms with E-state index in [1.807, 2.05) is 19.9 Å². The van der Waals surface area contributed by atoms with Crippen molar-refractivity contribution in [3.8, 4) is 0 Å². The van der Waals surface area contributed by atoms with Crippen LogP contribution in [-0.2, 0) is 17.8 Å². The average Bonchev–Trinajstić information content (AvgIpc) is 2.62. The molecule has 0 aliphatic carbocycles. The van der Waals surface area contributed by atoms with Crippen molar-refractivity contribution in [1.82, 2.24) is 14.8 Å². The van der Waals surface area contributed by atoms with Crippen LogP contribution in [0.25, 0.3) is 0 Å². The first-order valence-corrected chi connectivity index (χ1v) is 4.84. The molecule has 0 fully saturated rings. The van der Waals surface area contributed by atoms with Crippen LogP contribution in [0, 0.1) is 0 Å². The van der Waals surface area contributed by atoms with Crippen molar-refractivity contribution in [1.29, 1.82) is 0 Å². The lowest BCUT2D eigenvalue weighted by Crippen LogP contribution is -2.08. The van der Waals surface area contributed by atoms with Gasteiger partial charge in [-0.1, -0.05) is 13.0 Å². The Morgan fingerprint density at radius 3 is 3.00 bits per heavy atom. The van der Waals surface area contributed by atoms with Gasteiger partial charge < -0.3 is 0 Å². The lowest BCUT2D eigenvalue weighted by Gasteiger charge is -1.99. The summed E-state index contributed by atoms with van der Waals surface area (Å²) in [7, 11) is 0. The maximum Gasteiger partial charge on any atom is 0.162 e. The fourth-order valence-electron chi connectivity index (χ4n) is 1.15. The topological polar surface area (TPSA) is 47.8 Å². The second-order valence-corrected chi connectivity index (χ2v) is 2.95. The summed E-state index contributed by atoms with van der Waals surface area (Å²) in [5.74, 6) is 0.813. The molecule has 4 nitrogen and oxygen atoms in total. The first-order valence-electron chi connectivity index (χ1n) is 4.84. The summed E-state index contributed by atoms with van der Waals surface area (Å²) in [6.45, 7) is 4.73. The number of hydrogen-bond donors (Lipinski definition) is 0. The van der Waals surface area contributed by atoms with Crippen molar-refractivity contribution in [3.63, 3.8) is 0 Å². The van der Waals surface area contributed by atoms with E-state index in [1.165, 1.54) is 6.33 Å². The van der Waals surface area contributed by atoms with Crippen LogP contribution in [0.3, 0.4) is 0 Å². The lowest BCUT2D eigenvalue weighted by molar-refractivity contribution is -0.114. The minimum atomic E-state index is 0.0783. The van der Waals surface area contributed by atoms with E-state index in [0.29, 0.717) is 6.42 Å². The van der Waals surface area contributed by atoms with E-state index in [0.717, 1.165) is 18.8 Å².